The van der Waals surface area contributed by atoms with Crippen molar-refractivity contribution in [3.63, 3.8) is 0 Å². The Morgan fingerprint density at radius 1 is 0.815 bits per heavy atom. The number of unbranched alkanes of at least 4 members (excludes halogenated alkanes) is 3. The predicted octanol–water partition coefficient (Wildman–Crippen LogP) is 7.90. The first kappa shape index (κ1) is 21.3. The van der Waals surface area contributed by atoms with Crippen LogP contribution < -0.4 is 5.32 Å². The second-order valence-corrected chi connectivity index (χ2v) is 8.01. The van der Waals surface area contributed by atoms with Gasteiger partial charge in [-0.25, -0.2) is 0 Å². The highest BCUT2D eigenvalue weighted by Gasteiger charge is 2.09. The van der Waals surface area contributed by atoms with Crippen LogP contribution in [-0.4, -0.2) is 6.54 Å². The number of benzene rings is 2. The van der Waals surface area contributed by atoms with Crippen LogP contribution >= 0.6 is 0 Å². The van der Waals surface area contributed by atoms with Crippen LogP contribution in [0.3, 0.4) is 0 Å². The van der Waals surface area contributed by atoms with E-state index in [1.165, 1.54) is 55.3 Å². The number of anilines is 1. The first-order valence-corrected chi connectivity index (χ1v) is 10.7. The molecule has 1 heteroatoms. The standard InChI is InChI=1S/C26H37N/c1-4-5-6-8-13-22(2)20-23(3)21-27-26-17-12-11-16-25(26)19-18-24-14-9-7-10-15-24/h7,9-12,14-19,22-23,27H,4-6,8,13,20-21H2,1-3H3. The third-order valence-corrected chi connectivity index (χ3v) is 5.21. The molecule has 2 atom stereocenters. The molecule has 0 radical (unpaired) electrons. The minimum absolute atomic E-state index is 0.692. The summed E-state index contributed by atoms with van der Waals surface area (Å²) in [5.74, 6) is 1.52. The third kappa shape index (κ3) is 8.47. The van der Waals surface area contributed by atoms with E-state index >= 15 is 0 Å². The molecule has 1 N–H and O–H groups in total. The van der Waals surface area contributed by atoms with Gasteiger partial charge in [0, 0.05) is 12.2 Å². The fourth-order valence-corrected chi connectivity index (χ4v) is 3.65. The Morgan fingerprint density at radius 3 is 2.33 bits per heavy atom. The fourth-order valence-electron chi connectivity index (χ4n) is 3.65. The summed E-state index contributed by atoms with van der Waals surface area (Å²) in [5, 5.41) is 3.68. The lowest BCUT2D eigenvalue weighted by Crippen LogP contribution is -2.14. The zero-order valence-corrected chi connectivity index (χ0v) is 17.5. The third-order valence-electron chi connectivity index (χ3n) is 5.21. The van der Waals surface area contributed by atoms with Gasteiger partial charge in [-0.1, -0.05) is 114 Å². The molecule has 0 bridgehead atoms. The van der Waals surface area contributed by atoms with Crippen molar-refractivity contribution >= 4 is 17.8 Å². The molecule has 0 spiro atoms. The molecule has 27 heavy (non-hydrogen) atoms. The quantitative estimate of drug-likeness (QED) is 0.298. The number of para-hydroxylation sites is 1. The van der Waals surface area contributed by atoms with Crippen molar-refractivity contribution in [1.82, 2.24) is 0 Å². The van der Waals surface area contributed by atoms with Crippen LogP contribution in [0.15, 0.2) is 54.6 Å². The molecule has 0 aromatic heterocycles. The van der Waals surface area contributed by atoms with Crippen LogP contribution in [0.5, 0.6) is 0 Å². The van der Waals surface area contributed by atoms with Crippen LogP contribution in [0.1, 0.15) is 70.4 Å². The highest BCUT2D eigenvalue weighted by atomic mass is 14.9. The molecule has 0 aliphatic rings. The van der Waals surface area contributed by atoms with E-state index in [1.54, 1.807) is 0 Å². The molecule has 0 saturated heterocycles. The number of hydrogen-bond donors (Lipinski definition) is 1. The van der Waals surface area contributed by atoms with E-state index in [4.69, 9.17) is 0 Å². The predicted molar refractivity (Wildman–Crippen MR) is 122 cm³/mol. The lowest BCUT2D eigenvalue weighted by molar-refractivity contribution is 0.391. The van der Waals surface area contributed by atoms with Crippen LogP contribution in [-0.2, 0) is 0 Å². The highest BCUT2D eigenvalue weighted by Crippen LogP contribution is 2.22. The Bertz CT molecular complexity index is 659. The smallest absolute Gasteiger partial charge is 0.0413 e. The van der Waals surface area contributed by atoms with E-state index in [-0.39, 0.29) is 0 Å². The lowest BCUT2D eigenvalue weighted by Gasteiger charge is -2.19. The van der Waals surface area contributed by atoms with Gasteiger partial charge >= 0.3 is 0 Å². The van der Waals surface area contributed by atoms with Crippen molar-refractivity contribution in [1.29, 1.82) is 0 Å². The summed E-state index contributed by atoms with van der Waals surface area (Å²) in [4.78, 5) is 0. The number of rotatable bonds is 12. The van der Waals surface area contributed by atoms with Gasteiger partial charge in [0.1, 0.15) is 0 Å². The van der Waals surface area contributed by atoms with Crippen molar-refractivity contribution in [2.45, 2.75) is 59.3 Å². The summed E-state index contributed by atoms with van der Waals surface area (Å²) in [6.07, 6.45) is 12.6. The molecular weight excluding hydrogens is 326 g/mol. The van der Waals surface area contributed by atoms with E-state index in [1.807, 2.05) is 0 Å². The van der Waals surface area contributed by atoms with Gasteiger partial charge in [-0.3, -0.25) is 0 Å². The van der Waals surface area contributed by atoms with Gasteiger partial charge in [0.05, 0.1) is 0 Å². The first-order chi connectivity index (χ1) is 13.2. The monoisotopic (exact) mass is 363 g/mol. The maximum absolute atomic E-state index is 3.68. The summed E-state index contributed by atoms with van der Waals surface area (Å²) in [7, 11) is 0. The Kier molecular flexibility index (Phi) is 9.76. The van der Waals surface area contributed by atoms with Gasteiger partial charge in [-0.05, 0) is 35.4 Å². The van der Waals surface area contributed by atoms with Crippen LogP contribution in [0.4, 0.5) is 5.69 Å². The van der Waals surface area contributed by atoms with Gasteiger partial charge in [0.2, 0.25) is 0 Å². The molecule has 2 unspecified atom stereocenters. The second kappa shape index (κ2) is 12.4. The molecule has 0 aliphatic carbocycles. The molecule has 2 rings (SSSR count). The number of hydrogen-bond acceptors (Lipinski definition) is 1. The van der Waals surface area contributed by atoms with Gasteiger partial charge < -0.3 is 5.32 Å². The summed E-state index contributed by atoms with van der Waals surface area (Å²) in [6.45, 7) is 8.11. The molecule has 2 aromatic rings. The maximum Gasteiger partial charge on any atom is 0.0413 e. The normalized spacial score (nSPS) is 13.6. The minimum Gasteiger partial charge on any atom is -0.384 e. The SMILES string of the molecule is CCCCCCC(C)CC(C)CNc1ccccc1C=Cc1ccccc1. The van der Waals surface area contributed by atoms with Crippen molar-refractivity contribution in [2.24, 2.45) is 11.8 Å². The summed E-state index contributed by atoms with van der Waals surface area (Å²) < 4.78 is 0. The van der Waals surface area contributed by atoms with E-state index < -0.39 is 0 Å². The average Bonchev–Trinajstić information content (AvgIpc) is 2.69. The molecule has 1 nitrogen and oxygen atoms in total. The fraction of sp³-hybridized carbons (Fsp3) is 0.462. The maximum atomic E-state index is 3.68. The summed E-state index contributed by atoms with van der Waals surface area (Å²) in [5.41, 5.74) is 3.71. The van der Waals surface area contributed by atoms with Crippen LogP contribution in [0.2, 0.25) is 0 Å². The van der Waals surface area contributed by atoms with Gasteiger partial charge in [0.25, 0.3) is 0 Å². The molecule has 0 aliphatic heterocycles. The molecule has 0 amide bonds. The second-order valence-electron chi connectivity index (χ2n) is 8.01. The number of nitrogens with one attached hydrogen (secondary N) is 1. The lowest BCUT2D eigenvalue weighted by atomic mass is 9.92. The topological polar surface area (TPSA) is 12.0 Å². The zero-order valence-electron chi connectivity index (χ0n) is 17.5. The first-order valence-electron chi connectivity index (χ1n) is 10.7. The summed E-state index contributed by atoms with van der Waals surface area (Å²) >= 11 is 0. The average molecular weight is 364 g/mol. The van der Waals surface area contributed by atoms with Gasteiger partial charge in [0.15, 0.2) is 0 Å². The Labute approximate surface area is 166 Å². The molecule has 2 aromatic carbocycles. The van der Waals surface area contributed by atoms with Crippen molar-refractivity contribution in [2.75, 3.05) is 11.9 Å². The molecule has 0 saturated carbocycles. The minimum atomic E-state index is 0.692. The van der Waals surface area contributed by atoms with E-state index in [9.17, 15) is 0 Å². The zero-order chi connectivity index (χ0) is 19.3. The summed E-state index contributed by atoms with van der Waals surface area (Å²) in [6, 6.07) is 19.1. The highest BCUT2D eigenvalue weighted by molar-refractivity contribution is 5.76. The molecule has 0 heterocycles. The van der Waals surface area contributed by atoms with Gasteiger partial charge in [-0.2, -0.15) is 0 Å². The van der Waals surface area contributed by atoms with Crippen LogP contribution in [0.25, 0.3) is 12.2 Å². The van der Waals surface area contributed by atoms with E-state index in [0.717, 1.165) is 12.5 Å². The van der Waals surface area contributed by atoms with Crippen molar-refractivity contribution in [3.05, 3.63) is 65.7 Å². The van der Waals surface area contributed by atoms with Crippen molar-refractivity contribution in [3.8, 4) is 0 Å². The largest absolute Gasteiger partial charge is 0.384 e. The van der Waals surface area contributed by atoms with Gasteiger partial charge in [-0.15, -0.1) is 0 Å². The van der Waals surface area contributed by atoms with E-state index in [2.05, 4.69) is 92.8 Å². The van der Waals surface area contributed by atoms with Crippen molar-refractivity contribution < 1.29 is 0 Å². The van der Waals surface area contributed by atoms with Crippen LogP contribution in [0, 0.1) is 11.8 Å². The molecule has 146 valence electrons. The Balaban J connectivity index is 1.82. The van der Waals surface area contributed by atoms with E-state index in [0.29, 0.717) is 5.92 Å². The Morgan fingerprint density at radius 2 is 1.56 bits per heavy atom. The molecular formula is C26H37N. The molecule has 0 fully saturated rings. The Hall–Kier alpha value is -2.02.